The van der Waals surface area contributed by atoms with Gasteiger partial charge in [-0.3, -0.25) is 4.98 Å². The number of hydrogen-bond acceptors (Lipinski definition) is 5. The van der Waals surface area contributed by atoms with E-state index in [-0.39, 0.29) is 0 Å². The van der Waals surface area contributed by atoms with Crippen LogP contribution in [0.1, 0.15) is 0 Å². The molecule has 1 saturated heterocycles. The van der Waals surface area contributed by atoms with E-state index < -0.39 is 6.09 Å². The minimum atomic E-state index is -0.441. The summed E-state index contributed by atoms with van der Waals surface area (Å²) in [6, 6.07) is 1.73. The molecule has 1 aromatic rings. The predicted molar refractivity (Wildman–Crippen MR) is 81.0 cm³/mol. The van der Waals surface area contributed by atoms with E-state index in [4.69, 9.17) is 4.74 Å². The second-order valence-electron chi connectivity index (χ2n) is 4.50. The fraction of sp³-hybridized carbons (Fsp3) is 0.462. The zero-order valence-electron chi connectivity index (χ0n) is 11.7. The van der Waals surface area contributed by atoms with Gasteiger partial charge in [0, 0.05) is 44.9 Å². The molecule has 2 rings (SSSR count). The van der Waals surface area contributed by atoms with Gasteiger partial charge in [-0.1, -0.05) is 0 Å². The van der Waals surface area contributed by atoms with Gasteiger partial charge in [0.05, 0.1) is 12.5 Å². The van der Waals surface area contributed by atoms with Gasteiger partial charge < -0.3 is 14.5 Å². The van der Waals surface area contributed by atoms with Gasteiger partial charge in [0.2, 0.25) is 0 Å². The van der Waals surface area contributed by atoms with Gasteiger partial charge in [-0.25, -0.2) is 9.79 Å². The van der Waals surface area contributed by atoms with E-state index >= 15 is 0 Å². The summed E-state index contributed by atoms with van der Waals surface area (Å²) >= 11 is 1.95. The Morgan fingerprint density at radius 1 is 1.50 bits per heavy atom. The minimum Gasteiger partial charge on any atom is -0.406 e. The van der Waals surface area contributed by atoms with Gasteiger partial charge >= 0.3 is 6.09 Å². The highest BCUT2D eigenvalue weighted by Gasteiger charge is 2.11. The van der Waals surface area contributed by atoms with Crippen LogP contribution in [0.5, 0.6) is 5.75 Å². The molecule has 2 heterocycles. The molecule has 0 bridgehead atoms. The Labute approximate surface area is 122 Å². The number of aliphatic imine (C=N–C) groups is 1. The average Bonchev–Trinajstić information content (AvgIpc) is 2.47. The van der Waals surface area contributed by atoms with E-state index in [2.05, 4.69) is 14.9 Å². The van der Waals surface area contributed by atoms with Gasteiger partial charge in [-0.15, -0.1) is 0 Å². The molecule has 108 valence electrons. The topological polar surface area (TPSA) is 58.0 Å². The molecule has 0 unspecified atom stereocenters. The SMILES string of the molecule is CN(C)C(=O)Oc1cnccc1N=CN1CCSCC1. The Balaban J connectivity index is 2.07. The lowest BCUT2D eigenvalue weighted by molar-refractivity contribution is 0.172. The Kier molecular flexibility index (Phi) is 5.23. The maximum atomic E-state index is 11.6. The van der Waals surface area contributed by atoms with Crippen LogP contribution in [-0.4, -0.2) is 65.9 Å². The van der Waals surface area contributed by atoms with Crippen LogP contribution in [0, 0.1) is 0 Å². The van der Waals surface area contributed by atoms with Crippen LogP contribution < -0.4 is 4.74 Å². The largest absolute Gasteiger partial charge is 0.414 e. The van der Waals surface area contributed by atoms with Gasteiger partial charge in [0.1, 0.15) is 5.69 Å². The van der Waals surface area contributed by atoms with Crippen molar-refractivity contribution in [2.75, 3.05) is 38.7 Å². The number of ether oxygens (including phenoxy) is 1. The van der Waals surface area contributed by atoms with Crippen LogP contribution in [0.3, 0.4) is 0 Å². The van der Waals surface area contributed by atoms with Crippen LogP contribution >= 0.6 is 11.8 Å². The van der Waals surface area contributed by atoms with Crippen molar-refractivity contribution >= 4 is 29.9 Å². The van der Waals surface area contributed by atoms with E-state index in [9.17, 15) is 4.79 Å². The summed E-state index contributed by atoms with van der Waals surface area (Å²) in [7, 11) is 3.26. The molecule has 0 radical (unpaired) electrons. The monoisotopic (exact) mass is 294 g/mol. The number of amides is 1. The number of thioether (sulfide) groups is 1. The van der Waals surface area contributed by atoms with Gasteiger partial charge in [-0.05, 0) is 6.07 Å². The summed E-state index contributed by atoms with van der Waals surface area (Å²) in [6.45, 7) is 1.98. The number of hydrogen-bond donors (Lipinski definition) is 0. The molecule has 6 nitrogen and oxygen atoms in total. The molecule has 1 amide bonds. The molecule has 1 aromatic heterocycles. The van der Waals surface area contributed by atoms with Gasteiger partial charge in [-0.2, -0.15) is 11.8 Å². The van der Waals surface area contributed by atoms with Crippen molar-refractivity contribution in [3.05, 3.63) is 18.5 Å². The first kappa shape index (κ1) is 14.6. The fourth-order valence-corrected chi connectivity index (χ4v) is 2.51. The predicted octanol–water partition coefficient (Wildman–Crippen LogP) is 1.85. The fourth-order valence-electron chi connectivity index (χ4n) is 1.58. The molecule has 1 aliphatic rings. The summed E-state index contributed by atoms with van der Waals surface area (Å²) < 4.78 is 5.23. The lowest BCUT2D eigenvalue weighted by Gasteiger charge is -2.23. The number of nitrogens with zero attached hydrogens (tertiary/aromatic N) is 4. The number of aromatic nitrogens is 1. The van der Waals surface area contributed by atoms with E-state index in [0.717, 1.165) is 24.6 Å². The van der Waals surface area contributed by atoms with Crippen molar-refractivity contribution < 1.29 is 9.53 Å². The van der Waals surface area contributed by atoms with Crippen LogP contribution in [-0.2, 0) is 0 Å². The zero-order valence-corrected chi connectivity index (χ0v) is 12.5. The van der Waals surface area contributed by atoms with Gasteiger partial charge in [0.15, 0.2) is 5.75 Å². The first-order valence-corrected chi connectivity index (χ1v) is 7.51. The Bertz CT molecular complexity index is 487. The second-order valence-corrected chi connectivity index (χ2v) is 5.72. The maximum Gasteiger partial charge on any atom is 0.414 e. The third-order valence-corrected chi connectivity index (χ3v) is 3.67. The minimum absolute atomic E-state index is 0.369. The molecule has 0 N–H and O–H groups in total. The highest BCUT2D eigenvalue weighted by Crippen LogP contribution is 2.26. The molecule has 1 fully saturated rings. The van der Waals surface area contributed by atoms with E-state index in [1.807, 2.05) is 18.1 Å². The first-order valence-electron chi connectivity index (χ1n) is 6.36. The summed E-state index contributed by atoms with van der Waals surface area (Å²) in [5.74, 6) is 2.60. The molecular weight excluding hydrogens is 276 g/mol. The summed E-state index contributed by atoms with van der Waals surface area (Å²) in [6.07, 6.45) is 4.50. The molecule has 0 spiro atoms. The summed E-state index contributed by atoms with van der Waals surface area (Å²) in [4.78, 5) is 23.5. The van der Waals surface area contributed by atoms with Crippen LogP contribution in [0.4, 0.5) is 10.5 Å². The molecule has 0 atom stereocenters. The van der Waals surface area contributed by atoms with Crippen molar-refractivity contribution in [3.8, 4) is 5.75 Å². The Morgan fingerprint density at radius 3 is 2.95 bits per heavy atom. The molecule has 7 heteroatoms. The molecule has 0 aliphatic carbocycles. The number of pyridine rings is 1. The van der Waals surface area contributed by atoms with Crippen molar-refractivity contribution in [2.24, 2.45) is 4.99 Å². The van der Waals surface area contributed by atoms with Gasteiger partial charge in [0.25, 0.3) is 0 Å². The standard InChI is InChI=1S/C13H18N4O2S/c1-16(2)13(18)19-12-9-14-4-3-11(12)15-10-17-5-7-20-8-6-17/h3-4,9-10H,5-8H2,1-2H3. The maximum absolute atomic E-state index is 11.6. The third-order valence-electron chi connectivity index (χ3n) is 2.73. The Morgan fingerprint density at radius 2 is 2.25 bits per heavy atom. The van der Waals surface area contributed by atoms with Crippen molar-refractivity contribution in [1.29, 1.82) is 0 Å². The molecule has 1 aliphatic heterocycles. The summed E-state index contributed by atoms with van der Waals surface area (Å²) in [5.41, 5.74) is 0.605. The van der Waals surface area contributed by atoms with E-state index in [0.29, 0.717) is 11.4 Å². The van der Waals surface area contributed by atoms with Crippen LogP contribution in [0.2, 0.25) is 0 Å². The van der Waals surface area contributed by atoms with Crippen molar-refractivity contribution in [2.45, 2.75) is 0 Å². The number of carbonyl (C=O) groups is 1. The highest BCUT2D eigenvalue weighted by molar-refractivity contribution is 7.99. The van der Waals surface area contributed by atoms with E-state index in [1.165, 1.54) is 11.1 Å². The lowest BCUT2D eigenvalue weighted by Crippen LogP contribution is -2.31. The van der Waals surface area contributed by atoms with Crippen molar-refractivity contribution in [1.82, 2.24) is 14.8 Å². The zero-order chi connectivity index (χ0) is 14.4. The lowest BCUT2D eigenvalue weighted by atomic mass is 10.4. The van der Waals surface area contributed by atoms with Crippen molar-refractivity contribution in [3.63, 3.8) is 0 Å². The number of rotatable bonds is 3. The molecule has 20 heavy (non-hydrogen) atoms. The average molecular weight is 294 g/mol. The molecule has 0 saturated carbocycles. The molecular formula is C13H18N4O2S. The summed E-state index contributed by atoms with van der Waals surface area (Å²) in [5, 5.41) is 0. The number of carbonyl (C=O) groups excluding carboxylic acids is 1. The normalized spacial score (nSPS) is 15.4. The van der Waals surface area contributed by atoms with Crippen LogP contribution in [0.15, 0.2) is 23.5 Å². The van der Waals surface area contributed by atoms with Crippen LogP contribution in [0.25, 0.3) is 0 Å². The quantitative estimate of drug-likeness (QED) is 0.629. The first-order chi connectivity index (χ1) is 9.66. The highest BCUT2D eigenvalue weighted by atomic mass is 32.2. The van der Waals surface area contributed by atoms with E-state index in [1.54, 1.807) is 26.4 Å². The smallest absolute Gasteiger partial charge is 0.406 e. The second kappa shape index (κ2) is 7.14. The molecule has 0 aromatic carbocycles. The third kappa shape index (κ3) is 4.12. The Hall–Kier alpha value is -1.76.